The Labute approximate surface area is 113 Å². The van der Waals surface area contributed by atoms with E-state index in [2.05, 4.69) is 30.0 Å². The molecule has 0 amide bonds. The number of hydrogen-bond acceptors (Lipinski definition) is 3. The van der Waals surface area contributed by atoms with Gasteiger partial charge in [0.25, 0.3) is 0 Å². The molecule has 1 aliphatic rings. The van der Waals surface area contributed by atoms with Crippen molar-refractivity contribution >= 4 is 15.5 Å². The summed E-state index contributed by atoms with van der Waals surface area (Å²) in [4.78, 5) is 10.7. The van der Waals surface area contributed by atoms with Crippen LogP contribution in [-0.2, 0) is 14.3 Å². The first-order valence-corrected chi connectivity index (χ1v) is 7.82. The van der Waals surface area contributed by atoms with E-state index >= 15 is 0 Å². The van der Waals surface area contributed by atoms with Crippen LogP contribution in [-0.4, -0.2) is 31.4 Å². The largest absolute Gasteiger partial charge is 0.377 e. The molecule has 1 unspecified atom stereocenters. The van der Waals surface area contributed by atoms with Crippen LogP contribution in [0.1, 0.15) is 40.0 Å². The number of rotatable bonds is 8. The minimum atomic E-state index is 0.0445. The maximum Gasteiger partial charge on any atom is 0.122 e. The molecule has 1 saturated heterocycles. The van der Waals surface area contributed by atoms with Crippen LogP contribution in [0.2, 0.25) is 0 Å². The maximum atomic E-state index is 10.7. The summed E-state index contributed by atoms with van der Waals surface area (Å²) in [6.07, 6.45) is 4.70. The van der Waals surface area contributed by atoms with Gasteiger partial charge >= 0.3 is 0 Å². The second kappa shape index (κ2) is 8.24. The van der Waals surface area contributed by atoms with E-state index in [4.69, 9.17) is 9.47 Å². The predicted octanol–water partition coefficient (Wildman–Crippen LogP) is 2.88. The normalized spacial score (nSPS) is 33.6. The van der Waals surface area contributed by atoms with Crippen molar-refractivity contribution in [1.29, 1.82) is 0 Å². The Morgan fingerprint density at radius 3 is 2.72 bits per heavy atom. The summed E-state index contributed by atoms with van der Waals surface area (Å²) in [6.45, 7) is 7.40. The molecule has 3 nitrogen and oxygen atoms in total. The summed E-state index contributed by atoms with van der Waals surface area (Å²) >= 11 is 0. The van der Waals surface area contributed by atoms with Crippen molar-refractivity contribution < 1.29 is 14.3 Å². The van der Waals surface area contributed by atoms with Crippen molar-refractivity contribution in [3.63, 3.8) is 0 Å². The molecular formula is C14H27O3P. The summed E-state index contributed by atoms with van der Waals surface area (Å²) in [5.74, 6) is 1.50. The van der Waals surface area contributed by atoms with Crippen molar-refractivity contribution in [1.82, 2.24) is 0 Å². The lowest BCUT2D eigenvalue weighted by Crippen LogP contribution is -2.25. The molecule has 0 radical (unpaired) electrons. The second-order valence-electron chi connectivity index (χ2n) is 5.42. The molecule has 0 aromatic heterocycles. The van der Waals surface area contributed by atoms with E-state index in [1.807, 2.05) is 0 Å². The average molecular weight is 274 g/mol. The van der Waals surface area contributed by atoms with Gasteiger partial charge in [0.05, 0.1) is 25.2 Å². The van der Waals surface area contributed by atoms with E-state index in [0.717, 1.165) is 12.7 Å². The van der Waals surface area contributed by atoms with Crippen LogP contribution >= 0.6 is 9.24 Å². The fraction of sp³-hybridized carbons (Fsp3) is 0.929. The molecule has 0 saturated carbocycles. The Kier molecular flexibility index (Phi) is 7.36. The van der Waals surface area contributed by atoms with Gasteiger partial charge in [-0.2, -0.15) is 0 Å². The minimum absolute atomic E-state index is 0.0445. The van der Waals surface area contributed by atoms with Crippen LogP contribution in [0.15, 0.2) is 0 Å². The van der Waals surface area contributed by atoms with E-state index in [-0.39, 0.29) is 12.2 Å². The molecule has 6 atom stereocenters. The monoisotopic (exact) mass is 274 g/mol. The molecular weight excluding hydrogens is 247 g/mol. The molecule has 18 heavy (non-hydrogen) atoms. The minimum Gasteiger partial charge on any atom is -0.377 e. The smallest absolute Gasteiger partial charge is 0.122 e. The van der Waals surface area contributed by atoms with Crippen LogP contribution in [0, 0.1) is 17.8 Å². The van der Waals surface area contributed by atoms with Gasteiger partial charge in [0.2, 0.25) is 0 Å². The number of hydrogen-bond donors (Lipinski definition) is 0. The van der Waals surface area contributed by atoms with E-state index < -0.39 is 0 Å². The fourth-order valence-corrected chi connectivity index (χ4v) is 2.82. The zero-order chi connectivity index (χ0) is 13.5. The van der Waals surface area contributed by atoms with Gasteiger partial charge in [0.15, 0.2) is 0 Å². The third kappa shape index (κ3) is 4.29. The Morgan fingerprint density at radius 1 is 1.44 bits per heavy atom. The van der Waals surface area contributed by atoms with Gasteiger partial charge in [-0.05, 0) is 18.3 Å². The first-order valence-electron chi connectivity index (χ1n) is 7.00. The summed E-state index contributed by atoms with van der Waals surface area (Å²) in [7, 11) is 2.57. The van der Waals surface area contributed by atoms with Gasteiger partial charge in [-0.25, -0.2) is 0 Å². The maximum absolute atomic E-state index is 10.7. The molecule has 0 aliphatic carbocycles. The molecule has 1 fully saturated rings. The standard InChI is InChI=1S/C14H27O3P/c1-4-10(2)7-14-11(3)12(8-16-9-18)13(17-14)5-6-15/h6,10-14H,4-5,7-9,18H2,1-3H3/t10-,11-,12-,13+,14-/m1/s1. The van der Waals surface area contributed by atoms with Gasteiger partial charge in [0.1, 0.15) is 6.29 Å². The van der Waals surface area contributed by atoms with Crippen molar-refractivity contribution in [2.45, 2.75) is 52.2 Å². The lowest BCUT2D eigenvalue weighted by Gasteiger charge is -2.21. The van der Waals surface area contributed by atoms with E-state index in [9.17, 15) is 4.79 Å². The van der Waals surface area contributed by atoms with Crippen molar-refractivity contribution in [2.24, 2.45) is 17.8 Å². The summed E-state index contributed by atoms with van der Waals surface area (Å²) in [6, 6.07) is 0. The number of carbonyl (C=O) groups is 1. The van der Waals surface area contributed by atoms with Crippen LogP contribution in [0.25, 0.3) is 0 Å². The third-order valence-electron chi connectivity index (χ3n) is 4.18. The highest BCUT2D eigenvalue weighted by Crippen LogP contribution is 2.37. The van der Waals surface area contributed by atoms with Crippen molar-refractivity contribution in [3.8, 4) is 0 Å². The van der Waals surface area contributed by atoms with Gasteiger partial charge < -0.3 is 14.3 Å². The van der Waals surface area contributed by atoms with Crippen LogP contribution in [0.4, 0.5) is 0 Å². The van der Waals surface area contributed by atoms with Crippen LogP contribution < -0.4 is 0 Å². The van der Waals surface area contributed by atoms with Gasteiger partial charge in [-0.3, -0.25) is 0 Å². The quantitative estimate of drug-likeness (QED) is 0.504. The topological polar surface area (TPSA) is 35.5 Å². The molecule has 4 heteroatoms. The molecule has 0 bridgehead atoms. The number of ether oxygens (including phenoxy) is 2. The van der Waals surface area contributed by atoms with Crippen molar-refractivity contribution in [2.75, 3.05) is 13.0 Å². The Morgan fingerprint density at radius 2 is 2.17 bits per heavy atom. The van der Waals surface area contributed by atoms with E-state index in [1.165, 1.54) is 6.42 Å². The molecule has 0 N–H and O–H groups in total. The Bertz CT molecular complexity index is 247. The van der Waals surface area contributed by atoms with Crippen LogP contribution in [0.3, 0.4) is 0 Å². The molecule has 0 spiro atoms. The summed E-state index contributed by atoms with van der Waals surface area (Å²) in [5, 5.41) is 0. The van der Waals surface area contributed by atoms with Crippen molar-refractivity contribution in [3.05, 3.63) is 0 Å². The number of aldehydes is 1. The number of carbonyl (C=O) groups excluding carboxylic acids is 1. The lowest BCUT2D eigenvalue weighted by atomic mass is 9.85. The first kappa shape index (κ1) is 16.1. The van der Waals surface area contributed by atoms with Crippen LogP contribution in [0.5, 0.6) is 0 Å². The molecule has 1 rings (SSSR count). The van der Waals surface area contributed by atoms with Gasteiger partial charge in [-0.1, -0.05) is 27.2 Å². The first-order chi connectivity index (χ1) is 8.63. The molecule has 0 aromatic rings. The molecule has 0 aromatic carbocycles. The average Bonchev–Trinajstić information content (AvgIpc) is 2.64. The van der Waals surface area contributed by atoms with E-state index in [0.29, 0.717) is 37.1 Å². The highest BCUT2D eigenvalue weighted by atomic mass is 31.0. The highest BCUT2D eigenvalue weighted by molar-refractivity contribution is 7.16. The lowest BCUT2D eigenvalue weighted by molar-refractivity contribution is -0.111. The summed E-state index contributed by atoms with van der Waals surface area (Å²) in [5.41, 5.74) is 0. The summed E-state index contributed by atoms with van der Waals surface area (Å²) < 4.78 is 11.6. The van der Waals surface area contributed by atoms with Gasteiger partial charge in [-0.15, -0.1) is 9.24 Å². The zero-order valence-corrected chi connectivity index (χ0v) is 13.0. The molecule has 1 heterocycles. The Hall–Kier alpha value is 0.0200. The highest BCUT2D eigenvalue weighted by Gasteiger charge is 2.41. The SMILES string of the molecule is CC[C@@H](C)C[C@H]1O[C@@H](CC=O)[C@H](COCP)[C@H]1C. The fourth-order valence-electron chi connectivity index (χ4n) is 2.69. The van der Waals surface area contributed by atoms with E-state index in [1.54, 1.807) is 0 Å². The predicted molar refractivity (Wildman–Crippen MR) is 76.6 cm³/mol. The Balaban J connectivity index is 2.59. The van der Waals surface area contributed by atoms with Gasteiger partial charge in [0, 0.05) is 12.3 Å². The zero-order valence-electron chi connectivity index (χ0n) is 11.8. The third-order valence-corrected chi connectivity index (χ3v) is 4.41. The molecule has 106 valence electrons. The second-order valence-corrected chi connectivity index (χ2v) is 5.76. The molecule has 1 aliphatic heterocycles.